The van der Waals surface area contributed by atoms with Crippen molar-refractivity contribution in [1.29, 1.82) is 5.26 Å². The molecule has 8 nitrogen and oxygen atoms in total. The van der Waals surface area contributed by atoms with E-state index in [9.17, 15) is 14.9 Å². The third kappa shape index (κ3) is 3.65. The minimum absolute atomic E-state index is 0.0699. The summed E-state index contributed by atoms with van der Waals surface area (Å²) in [6, 6.07) is 18.7. The number of benzene rings is 2. The Kier molecular flexibility index (Phi) is 5.65. The first-order valence-corrected chi connectivity index (χ1v) is 12.2. The van der Waals surface area contributed by atoms with Gasteiger partial charge >= 0.3 is 0 Å². The summed E-state index contributed by atoms with van der Waals surface area (Å²) < 4.78 is 3.32. The number of fused-ring (bicyclic) bond motifs is 3. The molecule has 0 aliphatic carbocycles. The monoisotopic (exact) mass is 486 g/mol. The molecule has 1 amide bonds. The summed E-state index contributed by atoms with van der Waals surface area (Å²) >= 11 is 2.60. The van der Waals surface area contributed by atoms with E-state index in [-0.39, 0.29) is 17.2 Å². The molecule has 0 aliphatic heterocycles. The molecule has 2 aromatic carbocycles. The van der Waals surface area contributed by atoms with Gasteiger partial charge in [0, 0.05) is 4.88 Å². The normalized spacial score (nSPS) is 11.1. The summed E-state index contributed by atoms with van der Waals surface area (Å²) in [4.78, 5) is 27.0. The summed E-state index contributed by atoms with van der Waals surface area (Å²) in [7, 11) is 0. The lowest BCUT2D eigenvalue weighted by Crippen LogP contribution is -2.21. The fourth-order valence-corrected chi connectivity index (χ4v) is 5.49. The average molecular weight is 487 g/mol. The Morgan fingerprint density at radius 1 is 1.12 bits per heavy atom. The summed E-state index contributed by atoms with van der Waals surface area (Å²) in [5.41, 5.74) is 2.52. The van der Waals surface area contributed by atoms with Crippen LogP contribution in [0.2, 0.25) is 0 Å². The second kappa shape index (κ2) is 8.78. The molecule has 1 N–H and O–H groups in total. The van der Waals surface area contributed by atoms with Crippen molar-refractivity contribution in [2.24, 2.45) is 0 Å². The highest BCUT2D eigenvalue weighted by Crippen LogP contribution is 2.32. The van der Waals surface area contributed by atoms with Crippen LogP contribution in [-0.2, 0) is 4.79 Å². The Labute approximate surface area is 202 Å². The topological polar surface area (TPSA) is 105 Å². The molecule has 0 atom stereocenters. The number of carbonyl (C=O) groups is 1. The zero-order valence-corrected chi connectivity index (χ0v) is 19.9. The smallest absolute Gasteiger partial charge is 0.267 e. The SMILES string of the molecule is Cc1sc(NC(=O)CSc2nnc3n(-c4ccccc4)c(=O)c4ccccc4n23)c(C#N)c1C. The van der Waals surface area contributed by atoms with Crippen LogP contribution in [0.4, 0.5) is 5.00 Å². The van der Waals surface area contributed by atoms with Crippen LogP contribution in [0, 0.1) is 25.2 Å². The number of aryl methyl sites for hydroxylation is 1. The molecular weight excluding hydrogens is 468 g/mol. The maximum Gasteiger partial charge on any atom is 0.267 e. The number of nitrogens with zero attached hydrogens (tertiary/aromatic N) is 5. The molecule has 34 heavy (non-hydrogen) atoms. The molecule has 0 fully saturated rings. The van der Waals surface area contributed by atoms with E-state index in [2.05, 4.69) is 21.6 Å². The van der Waals surface area contributed by atoms with E-state index in [1.165, 1.54) is 27.7 Å². The fourth-order valence-electron chi connectivity index (χ4n) is 3.72. The molecular formula is C24H18N6O2S2. The predicted octanol–water partition coefficient (Wildman–Crippen LogP) is 4.31. The molecule has 0 unspecified atom stereocenters. The highest BCUT2D eigenvalue weighted by molar-refractivity contribution is 7.99. The van der Waals surface area contributed by atoms with Crippen LogP contribution in [0.15, 0.2) is 64.5 Å². The molecule has 10 heteroatoms. The number of thioether (sulfide) groups is 1. The number of para-hydroxylation sites is 2. The van der Waals surface area contributed by atoms with Gasteiger partial charge in [0.05, 0.1) is 27.9 Å². The number of hydrogen-bond acceptors (Lipinski definition) is 7. The molecule has 5 aromatic rings. The van der Waals surface area contributed by atoms with Gasteiger partial charge in [0.15, 0.2) is 5.16 Å². The van der Waals surface area contributed by atoms with Crippen molar-refractivity contribution >= 4 is 50.7 Å². The number of anilines is 1. The van der Waals surface area contributed by atoms with Crippen LogP contribution in [0.3, 0.4) is 0 Å². The first-order valence-electron chi connectivity index (χ1n) is 10.4. The molecule has 0 saturated heterocycles. The highest BCUT2D eigenvalue weighted by Gasteiger charge is 2.19. The van der Waals surface area contributed by atoms with E-state index < -0.39 is 0 Å². The van der Waals surface area contributed by atoms with Crippen LogP contribution in [0.5, 0.6) is 0 Å². The van der Waals surface area contributed by atoms with Gasteiger partial charge in [-0.3, -0.25) is 14.0 Å². The second-order valence-corrected chi connectivity index (χ2v) is 9.71. The predicted molar refractivity (Wildman–Crippen MR) is 134 cm³/mol. The Bertz CT molecular complexity index is 1660. The Morgan fingerprint density at radius 2 is 1.85 bits per heavy atom. The van der Waals surface area contributed by atoms with Crippen molar-refractivity contribution in [2.75, 3.05) is 11.1 Å². The molecule has 5 rings (SSSR count). The maximum absolute atomic E-state index is 13.3. The largest absolute Gasteiger partial charge is 0.316 e. The minimum Gasteiger partial charge on any atom is -0.316 e. The van der Waals surface area contributed by atoms with Crippen molar-refractivity contribution in [1.82, 2.24) is 19.2 Å². The number of nitrogens with one attached hydrogen (secondary N) is 1. The van der Waals surface area contributed by atoms with Gasteiger partial charge in [-0.1, -0.05) is 42.1 Å². The third-order valence-electron chi connectivity index (χ3n) is 5.49. The molecule has 3 aromatic heterocycles. The van der Waals surface area contributed by atoms with Crippen molar-refractivity contribution in [3.8, 4) is 11.8 Å². The van der Waals surface area contributed by atoms with Gasteiger partial charge in [-0.2, -0.15) is 5.26 Å². The van der Waals surface area contributed by atoms with E-state index in [0.29, 0.717) is 38.1 Å². The van der Waals surface area contributed by atoms with Crippen LogP contribution in [0.25, 0.3) is 22.4 Å². The number of hydrogen-bond donors (Lipinski definition) is 1. The summed E-state index contributed by atoms with van der Waals surface area (Å²) in [6.45, 7) is 3.79. The van der Waals surface area contributed by atoms with Crippen LogP contribution in [-0.4, -0.2) is 30.8 Å². The van der Waals surface area contributed by atoms with Crippen LogP contribution < -0.4 is 10.9 Å². The average Bonchev–Trinajstić information content (AvgIpc) is 3.38. The first-order chi connectivity index (χ1) is 16.5. The zero-order valence-electron chi connectivity index (χ0n) is 18.3. The lowest BCUT2D eigenvalue weighted by atomic mass is 10.2. The summed E-state index contributed by atoms with van der Waals surface area (Å²) in [5, 5.41) is 22.4. The number of rotatable bonds is 5. The molecule has 0 bridgehead atoms. The summed E-state index contributed by atoms with van der Waals surface area (Å²) in [5.74, 6) is 0.190. The minimum atomic E-state index is -0.250. The molecule has 0 radical (unpaired) electrons. The van der Waals surface area contributed by atoms with Crippen molar-refractivity contribution in [3.05, 3.63) is 81.0 Å². The van der Waals surface area contributed by atoms with Gasteiger partial charge in [0.25, 0.3) is 5.56 Å². The molecule has 0 spiro atoms. The lowest BCUT2D eigenvalue weighted by Gasteiger charge is -2.11. The lowest BCUT2D eigenvalue weighted by molar-refractivity contribution is -0.113. The van der Waals surface area contributed by atoms with E-state index >= 15 is 0 Å². The number of thiophene rings is 1. The number of nitriles is 1. The second-order valence-electron chi connectivity index (χ2n) is 7.55. The Morgan fingerprint density at radius 3 is 2.62 bits per heavy atom. The van der Waals surface area contributed by atoms with Gasteiger partial charge in [0.2, 0.25) is 11.7 Å². The first kappa shape index (κ1) is 21.9. The number of carbonyl (C=O) groups excluding carboxylic acids is 1. The molecule has 168 valence electrons. The quantitative estimate of drug-likeness (QED) is 0.371. The van der Waals surface area contributed by atoms with Crippen LogP contribution >= 0.6 is 23.1 Å². The highest BCUT2D eigenvalue weighted by atomic mass is 32.2. The van der Waals surface area contributed by atoms with Gasteiger partial charge in [-0.15, -0.1) is 21.5 Å². The van der Waals surface area contributed by atoms with Crippen molar-refractivity contribution < 1.29 is 4.79 Å². The van der Waals surface area contributed by atoms with Crippen LogP contribution in [0.1, 0.15) is 16.0 Å². The van der Waals surface area contributed by atoms with Gasteiger partial charge in [-0.25, -0.2) is 4.57 Å². The maximum atomic E-state index is 13.3. The molecule has 0 aliphatic rings. The van der Waals surface area contributed by atoms with Gasteiger partial charge in [0.1, 0.15) is 11.1 Å². The van der Waals surface area contributed by atoms with Crippen molar-refractivity contribution in [2.45, 2.75) is 19.0 Å². The summed E-state index contributed by atoms with van der Waals surface area (Å²) in [6.07, 6.45) is 0. The number of amides is 1. The van der Waals surface area contributed by atoms with E-state index in [1.807, 2.05) is 62.4 Å². The number of aromatic nitrogens is 4. The van der Waals surface area contributed by atoms with E-state index in [0.717, 1.165) is 10.4 Å². The fraction of sp³-hybridized carbons (Fsp3) is 0.125. The van der Waals surface area contributed by atoms with Crippen molar-refractivity contribution in [3.63, 3.8) is 0 Å². The Hall–Kier alpha value is -3.94. The standard InChI is InChI=1S/C24H18N6O2S2/c1-14-15(2)34-21(18(14)12-25)26-20(31)13-33-24-28-27-23-29(16-8-4-3-5-9-16)22(32)17-10-6-7-11-19(17)30(23)24/h3-11H,13H2,1-2H3,(H,26,31). The molecule has 0 saturated carbocycles. The third-order valence-corrected chi connectivity index (χ3v) is 7.54. The molecule has 3 heterocycles. The zero-order chi connectivity index (χ0) is 23.8. The van der Waals surface area contributed by atoms with E-state index in [4.69, 9.17) is 0 Å². The van der Waals surface area contributed by atoms with E-state index in [1.54, 1.807) is 10.5 Å². The van der Waals surface area contributed by atoms with Gasteiger partial charge < -0.3 is 5.32 Å². The van der Waals surface area contributed by atoms with Gasteiger partial charge in [-0.05, 0) is 43.7 Å². The Balaban J connectivity index is 1.53.